The molecule has 1 fully saturated rings. The van der Waals surface area contributed by atoms with E-state index in [2.05, 4.69) is 12.1 Å². The molecule has 1 aromatic carbocycles. The molecule has 0 bridgehead atoms. The third-order valence-electron chi connectivity index (χ3n) is 4.84. The Hall–Kier alpha value is -1.06. The molecule has 2 aliphatic rings. The molecule has 1 aliphatic heterocycles. The standard InChI is InChI=1S/C18H26O3/c1-2-20-16-10-13(11-16)9-15(19)12-14-7-8-21-18-6-4-3-5-17(14)18/h3-6,13-16,19H,2,7-12H2,1H3. The monoisotopic (exact) mass is 290 g/mol. The second-order valence-corrected chi connectivity index (χ2v) is 6.41. The van der Waals surface area contributed by atoms with Gasteiger partial charge >= 0.3 is 0 Å². The van der Waals surface area contributed by atoms with E-state index in [1.165, 1.54) is 5.56 Å². The molecule has 2 unspecified atom stereocenters. The first kappa shape index (κ1) is 14.9. The van der Waals surface area contributed by atoms with E-state index in [-0.39, 0.29) is 6.10 Å². The van der Waals surface area contributed by atoms with Crippen molar-refractivity contribution in [2.24, 2.45) is 5.92 Å². The van der Waals surface area contributed by atoms with E-state index in [1.54, 1.807) is 0 Å². The van der Waals surface area contributed by atoms with Gasteiger partial charge in [-0.25, -0.2) is 0 Å². The summed E-state index contributed by atoms with van der Waals surface area (Å²) in [6.07, 6.45) is 5.27. The van der Waals surface area contributed by atoms with Gasteiger partial charge in [-0.1, -0.05) is 18.2 Å². The summed E-state index contributed by atoms with van der Waals surface area (Å²) in [5, 5.41) is 10.4. The number of benzene rings is 1. The Morgan fingerprint density at radius 1 is 1.29 bits per heavy atom. The van der Waals surface area contributed by atoms with E-state index in [0.29, 0.717) is 17.9 Å². The SMILES string of the molecule is CCOC1CC(CC(O)CC2CCOc3ccccc32)C1. The summed E-state index contributed by atoms with van der Waals surface area (Å²) in [5.74, 6) is 2.08. The van der Waals surface area contributed by atoms with Gasteiger partial charge in [-0.3, -0.25) is 0 Å². The lowest BCUT2D eigenvalue weighted by atomic mass is 9.77. The number of ether oxygens (including phenoxy) is 2. The molecule has 0 saturated heterocycles. The highest BCUT2D eigenvalue weighted by Gasteiger charge is 2.32. The third kappa shape index (κ3) is 3.58. The van der Waals surface area contributed by atoms with E-state index in [1.807, 2.05) is 19.1 Å². The Morgan fingerprint density at radius 2 is 2.10 bits per heavy atom. The van der Waals surface area contributed by atoms with Gasteiger partial charge in [0.25, 0.3) is 0 Å². The summed E-state index contributed by atoms with van der Waals surface area (Å²) in [4.78, 5) is 0. The lowest BCUT2D eigenvalue weighted by Crippen LogP contribution is -2.34. The molecule has 0 radical (unpaired) electrons. The van der Waals surface area contributed by atoms with Crippen molar-refractivity contribution in [2.75, 3.05) is 13.2 Å². The quantitative estimate of drug-likeness (QED) is 0.871. The summed E-state index contributed by atoms with van der Waals surface area (Å²) in [6.45, 7) is 3.62. The number of aliphatic hydroxyl groups is 1. The van der Waals surface area contributed by atoms with Crippen molar-refractivity contribution in [1.29, 1.82) is 0 Å². The molecule has 0 aromatic heterocycles. The van der Waals surface area contributed by atoms with E-state index in [0.717, 1.165) is 51.1 Å². The topological polar surface area (TPSA) is 38.7 Å². The first-order chi connectivity index (χ1) is 10.3. The van der Waals surface area contributed by atoms with Crippen LogP contribution in [-0.2, 0) is 4.74 Å². The summed E-state index contributed by atoms with van der Waals surface area (Å²) < 4.78 is 11.3. The average Bonchev–Trinajstić information content (AvgIpc) is 2.45. The molecular weight excluding hydrogens is 264 g/mol. The lowest BCUT2D eigenvalue weighted by Gasteiger charge is -2.37. The second kappa shape index (κ2) is 6.80. The molecule has 3 nitrogen and oxygen atoms in total. The van der Waals surface area contributed by atoms with Crippen molar-refractivity contribution in [3.63, 3.8) is 0 Å². The summed E-state index contributed by atoms with van der Waals surface area (Å²) >= 11 is 0. The Bertz CT molecular complexity index is 454. The number of rotatable bonds is 6. The molecule has 2 atom stereocenters. The van der Waals surface area contributed by atoms with Crippen LogP contribution < -0.4 is 4.74 Å². The van der Waals surface area contributed by atoms with Gasteiger partial charge in [0.1, 0.15) is 5.75 Å². The lowest BCUT2D eigenvalue weighted by molar-refractivity contribution is -0.0390. The van der Waals surface area contributed by atoms with Crippen LogP contribution in [0.1, 0.15) is 50.5 Å². The predicted molar refractivity (Wildman–Crippen MR) is 82.7 cm³/mol. The van der Waals surface area contributed by atoms with Crippen molar-refractivity contribution in [2.45, 2.75) is 57.2 Å². The number of para-hydroxylation sites is 1. The van der Waals surface area contributed by atoms with Crippen LogP contribution in [0.15, 0.2) is 24.3 Å². The molecular formula is C18H26O3. The first-order valence-corrected chi connectivity index (χ1v) is 8.27. The van der Waals surface area contributed by atoms with Crippen LogP contribution >= 0.6 is 0 Å². The van der Waals surface area contributed by atoms with E-state index >= 15 is 0 Å². The molecule has 116 valence electrons. The van der Waals surface area contributed by atoms with Crippen LogP contribution in [0.2, 0.25) is 0 Å². The van der Waals surface area contributed by atoms with E-state index < -0.39 is 0 Å². The fourth-order valence-electron chi connectivity index (χ4n) is 3.71. The van der Waals surface area contributed by atoms with Gasteiger partial charge in [-0.2, -0.15) is 0 Å². The summed E-state index contributed by atoms with van der Waals surface area (Å²) in [6, 6.07) is 8.25. The molecule has 1 N–H and O–H groups in total. The maximum atomic E-state index is 10.4. The minimum Gasteiger partial charge on any atom is -0.493 e. The number of hydrogen-bond acceptors (Lipinski definition) is 3. The van der Waals surface area contributed by atoms with Crippen LogP contribution in [0.4, 0.5) is 0 Å². The Morgan fingerprint density at radius 3 is 2.90 bits per heavy atom. The maximum absolute atomic E-state index is 10.4. The molecule has 3 rings (SSSR count). The Kier molecular flexibility index (Phi) is 4.81. The largest absolute Gasteiger partial charge is 0.493 e. The Balaban J connectivity index is 1.49. The highest BCUT2D eigenvalue weighted by atomic mass is 16.5. The number of hydrogen-bond donors (Lipinski definition) is 1. The zero-order valence-electron chi connectivity index (χ0n) is 12.8. The van der Waals surface area contributed by atoms with Crippen molar-refractivity contribution in [3.8, 4) is 5.75 Å². The smallest absolute Gasteiger partial charge is 0.122 e. The molecule has 3 heteroatoms. The molecule has 21 heavy (non-hydrogen) atoms. The van der Waals surface area contributed by atoms with E-state index in [4.69, 9.17) is 9.47 Å². The summed E-state index contributed by atoms with van der Waals surface area (Å²) in [5.41, 5.74) is 1.27. The highest BCUT2D eigenvalue weighted by molar-refractivity contribution is 5.37. The van der Waals surface area contributed by atoms with Crippen molar-refractivity contribution in [1.82, 2.24) is 0 Å². The van der Waals surface area contributed by atoms with Gasteiger partial charge in [0, 0.05) is 6.61 Å². The van der Waals surface area contributed by atoms with Gasteiger partial charge in [0.15, 0.2) is 0 Å². The van der Waals surface area contributed by atoms with Crippen molar-refractivity contribution in [3.05, 3.63) is 29.8 Å². The molecule has 0 amide bonds. The fraction of sp³-hybridized carbons (Fsp3) is 0.667. The van der Waals surface area contributed by atoms with Crippen LogP contribution in [-0.4, -0.2) is 30.5 Å². The van der Waals surface area contributed by atoms with E-state index in [9.17, 15) is 5.11 Å². The average molecular weight is 290 g/mol. The van der Waals surface area contributed by atoms with Gasteiger partial charge in [-0.05, 0) is 62.5 Å². The van der Waals surface area contributed by atoms with Crippen LogP contribution in [0, 0.1) is 5.92 Å². The zero-order valence-corrected chi connectivity index (χ0v) is 12.8. The predicted octanol–water partition coefficient (Wildman–Crippen LogP) is 3.51. The van der Waals surface area contributed by atoms with Crippen LogP contribution in [0.5, 0.6) is 5.75 Å². The third-order valence-corrected chi connectivity index (χ3v) is 4.84. The van der Waals surface area contributed by atoms with Crippen LogP contribution in [0.3, 0.4) is 0 Å². The van der Waals surface area contributed by atoms with Gasteiger partial charge < -0.3 is 14.6 Å². The maximum Gasteiger partial charge on any atom is 0.122 e. The molecule has 1 saturated carbocycles. The van der Waals surface area contributed by atoms with Crippen molar-refractivity contribution >= 4 is 0 Å². The molecule has 1 aliphatic carbocycles. The molecule has 1 heterocycles. The molecule has 1 aromatic rings. The van der Waals surface area contributed by atoms with Crippen LogP contribution in [0.25, 0.3) is 0 Å². The fourth-order valence-corrected chi connectivity index (χ4v) is 3.71. The number of fused-ring (bicyclic) bond motifs is 1. The van der Waals surface area contributed by atoms with Gasteiger partial charge in [0.05, 0.1) is 18.8 Å². The van der Waals surface area contributed by atoms with Crippen molar-refractivity contribution < 1.29 is 14.6 Å². The first-order valence-electron chi connectivity index (χ1n) is 8.27. The Labute approximate surface area is 127 Å². The minimum atomic E-state index is -0.200. The highest BCUT2D eigenvalue weighted by Crippen LogP contribution is 2.39. The normalized spacial score (nSPS) is 29.1. The van der Waals surface area contributed by atoms with Gasteiger partial charge in [-0.15, -0.1) is 0 Å². The number of aliphatic hydroxyl groups excluding tert-OH is 1. The van der Waals surface area contributed by atoms with Gasteiger partial charge in [0.2, 0.25) is 0 Å². The minimum absolute atomic E-state index is 0.200. The summed E-state index contributed by atoms with van der Waals surface area (Å²) in [7, 11) is 0. The zero-order chi connectivity index (χ0) is 14.7. The second-order valence-electron chi connectivity index (χ2n) is 6.41. The molecule has 0 spiro atoms.